The number of methoxy groups -OCH3 is 1. The highest BCUT2D eigenvalue weighted by Crippen LogP contribution is 2.32. The molecule has 0 radical (unpaired) electrons. The first kappa shape index (κ1) is 23.1. The van der Waals surface area contributed by atoms with E-state index < -0.39 is 5.91 Å². The second-order valence-corrected chi connectivity index (χ2v) is 8.26. The summed E-state index contributed by atoms with van der Waals surface area (Å²) in [6, 6.07) is 14.5. The summed E-state index contributed by atoms with van der Waals surface area (Å²) in [5.74, 6) is 1.79. The summed E-state index contributed by atoms with van der Waals surface area (Å²) >= 11 is 1.27. The van der Waals surface area contributed by atoms with Gasteiger partial charge in [0, 0.05) is 0 Å². The van der Waals surface area contributed by atoms with E-state index in [1.807, 2.05) is 37.3 Å². The van der Waals surface area contributed by atoms with Crippen LogP contribution in [0, 0.1) is 11.3 Å². The Morgan fingerprint density at radius 1 is 1.26 bits per heavy atom. The van der Waals surface area contributed by atoms with Crippen molar-refractivity contribution in [2.45, 2.75) is 19.4 Å². The Bertz CT molecular complexity index is 1250. The van der Waals surface area contributed by atoms with E-state index in [1.165, 1.54) is 24.5 Å². The lowest BCUT2D eigenvalue weighted by atomic mass is 10.1. The summed E-state index contributed by atoms with van der Waals surface area (Å²) in [7, 11) is 1.52. The minimum Gasteiger partial charge on any atom is -0.493 e. The molecule has 0 bridgehead atoms. The van der Waals surface area contributed by atoms with Gasteiger partial charge in [-0.3, -0.25) is 10.1 Å². The van der Waals surface area contributed by atoms with Crippen molar-refractivity contribution in [2.24, 2.45) is 0 Å². The second-order valence-electron chi connectivity index (χ2n) is 7.20. The number of amides is 1. The summed E-state index contributed by atoms with van der Waals surface area (Å²) in [6.07, 6.45) is 1.91. The molecule has 0 spiro atoms. The van der Waals surface area contributed by atoms with E-state index in [2.05, 4.69) is 15.5 Å². The van der Waals surface area contributed by atoms with Gasteiger partial charge in [0.1, 0.15) is 29.9 Å². The molecule has 1 aromatic heterocycles. The highest BCUT2D eigenvalue weighted by molar-refractivity contribution is 7.15. The van der Waals surface area contributed by atoms with Crippen molar-refractivity contribution in [3.05, 3.63) is 58.6 Å². The van der Waals surface area contributed by atoms with Gasteiger partial charge in [-0.15, -0.1) is 10.2 Å². The largest absolute Gasteiger partial charge is 0.493 e. The first-order valence-corrected chi connectivity index (χ1v) is 11.4. The quantitative estimate of drug-likeness (QED) is 0.383. The predicted molar refractivity (Wildman–Crippen MR) is 126 cm³/mol. The predicted octanol–water partition coefficient (Wildman–Crippen LogP) is 3.87. The Morgan fingerprint density at radius 2 is 2.09 bits per heavy atom. The van der Waals surface area contributed by atoms with E-state index in [0.29, 0.717) is 40.3 Å². The maximum absolute atomic E-state index is 12.5. The normalized spacial score (nSPS) is 14.7. The molecule has 1 atom stereocenters. The molecule has 174 valence electrons. The topological polar surface area (TPSA) is 116 Å². The van der Waals surface area contributed by atoms with Crippen LogP contribution in [0.3, 0.4) is 0 Å². The minimum atomic E-state index is -0.560. The number of aromatic nitrogens is 2. The van der Waals surface area contributed by atoms with Gasteiger partial charge in [-0.05, 0) is 42.3 Å². The zero-order valence-electron chi connectivity index (χ0n) is 18.6. The molecule has 1 amide bonds. The van der Waals surface area contributed by atoms with Gasteiger partial charge in [0.05, 0.1) is 7.11 Å². The zero-order valence-corrected chi connectivity index (χ0v) is 19.4. The molecule has 1 aliphatic rings. The number of carbonyl (C=O) groups excluding carboxylic acids is 1. The minimum absolute atomic E-state index is 0.0737. The number of carbonyl (C=O) groups is 1. The molecule has 10 heteroatoms. The van der Waals surface area contributed by atoms with Crippen LogP contribution < -0.4 is 24.3 Å². The van der Waals surface area contributed by atoms with Crippen LogP contribution in [0.25, 0.3) is 6.08 Å². The van der Waals surface area contributed by atoms with Crippen LogP contribution in [0.2, 0.25) is 0 Å². The molecule has 3 aromatic rings. The highest BCUT2D eigenvalue weighted by atomic mass is 32.1. The molecule has 1 unspecified atom stereocenters. The lowest BCUT2D eigenvalue weighted by Gasteiger charge is -2.26. The number of aryl methyl sites for hydroxylation is 1. The van der Waals surface area contributed by atoms with E-state index in [4.69, 9.17) is 18.9 Å². The van der Waals surface area contributed by atoms with Gasteiger partial charge >= 0.3 is 0 Å². The van der Waals surface area contributed by atoms with Crippen molar-refractivity contribution in [2.75, 3.05) is 25.6 Å². The number of anilines is 1. The van der Waals surface area contributed by atoms with Crippen LogP contribution in [0.15, 0.2) is 48.0 Å². The van der Waals surface area contributed by atoms with Crippen LogP contribution >= 0.6 is 11.3 Å². The van der Waals surface area contributed by atoms with E-state index in [0.717, 1.165) is 11.4 Å². The smallest absolute Gasteiger partial charge is 0.268 e. The monoisotopic (exact) mass is 478 g/mol. The molecule has 2 heterocycles. The standard InChI is InChI=1S/C24H22N4O5S/c1-3-22-27-28-24(34-22)26-23(29)16(12-25)10-15-8-9-19(21(11-15)30-2)32-14-17-13-31-18-6-4-5-7-20(18)33-17/h4-11,17H,3,13-14H2,1-2H3,(H,26,28,29). The molecule has 2 aromatic carbocycles. The van der Waals surface area contributed by atoms with E-state index in [9.17, 15) is 10.1 Å². The average Bonchev–Trinajstić information content (AvgIpc) is 3.33. The highest BCUT2D eigenvalue weighted by Gasteiger charge is 2.22. The van der Waals surface area contributed by atoms with Gasteiger partial charge in [-0.1, -0.05) is 36.5 Å². The van der Waals surface area contributed by atoms with Gasteiger partial charge in [0.15, 0.2) is 29.1 Å². The van der Waals surface area contributed by atoms with Crippen LogP contribution in [0.5, 0.6) is 23.0 Å². The van der Waals surface area contributed by atoms with E-state index in [-0.39, 0.29) is 18.3 Å². The lowest BCUT2D eigenvalue weighted by molar-refractivity contribution is -0.112. The van der Waals surface area contributed by atoms with Crippen molar-refractivity contribution in [3.8, 4) is 29.1 Å². The molecular weight excluding hydrogens is 456 g/mol. The number of hydrogen-bond donors (Lipinski definition) is 1. The van der Waals surface area contributed by atoms with Gasteiger partial charge in [-0.2, -0.15) is 5.26 Å². The summed E-state index contributed by atoms with van der Waals surface area (Å²) < 4.78 is 23.0. The fraction of sp³-hybridized carbons (Fsp3) is 0.250. The number of benzene rings is 2. The Kier molecular flexibility index (Phi) is 7.25. The van der Waals surface area contributed by atoms with Crippen molar-refractivity contribution in [3.63, 3.8) is 0 Å². The molecule has 9 nitrogen and oxygen atoms in total. The van der Waals surface area contributed by atoms with Gasteiger partial charge in [-0.25, -0.2) is 0 Å². The molecule has 1 aliphatic heterocycles. The van der Waals surface area contributed by atoms with Crippen molar-refractivity contribution in [1.29, 1.82) is 5.26 Å². The molecule has 1 N–H and O–H groups in total. The lowest BCUT2D eigenvalue weighted by Crippen LogP contribution is -2.34. The third kappa shape index (κ3) is 5.44. The molecule has 0 saturated carbocycles. The Morgan fingerprint density at radius 3 is 2.82 bits per heavy atom. The Labute approximate surface area is 200 Å². The van der Waals surface area contributed by atoms with E-state index >= 15 is 0 Å². The van der Waals surface area contributed by atoms with Crippen LogP contribution in [0.4, 0.5) is 5.13 Å². The SMILES string of the molecule is CCc1nnc(NC(=O)C(C#N)=Cc2ccc(OCC3COc4ccccc4O3)c(OC)c2)s1. The Hall–Kier alpha value is -4.10. The fourth-order valence-corrected chi connectivity index (χ4v) is 3.82. The van der Waals surface area contributed by atoms with E-state index in [1.54, 1.807) is 18.2 Å². The summed E-state index contributed by atoms with van der Waals surface area (Å²) in [5, 5.41) is 21.1. The van der Waals surface area contributed by atoms with Gasteiger partial charge < -0.3 is 18.9 Å². The Balaban J connectivity index is 1.42. The molecule has 34 heavy (non-hydrogen) atoms. The van der Waals surface area contributed by atoms with Crippen molar-refractivity contribution in [1.82, 2.24) is 10.2 Å². The summed E-state index contributed by atoms with van der Waals surface area (Å²) in [5.41, 5.74) is 0.531. The molecule has 4 rings (SSSR count). The summed E-state index contributed by atoms with van der Waals surface area (Å²) in [4.78, 5) is 12.5. The number of nitriles is 1. The van der Waals surface area contributed by atoms with Crippen LogP contribution in [-0.4, -0.2) is 42.5 Å². The first-order valence-electron chi connectivity index (χ1n) is 10.5. The molecule has 0 saturated heterocycles. The third-order valence-electron chi connectivity index (χ3n) is 4.85. The maximum atomic E-state index is 12.5. The number of hydrogen-bond acceptors (Lipinski definition) is 9. The zero-order chi connectivity index (χ0) is 23.9. The number of para-hydroxylation sites is 2. The summed E-state index contributed by atoms with van der Waals surface area (Å²) in [6.45, 7) is 2.57. The van der Waals surface area contributed by atoms with Gasteiger partial charge in [0.25, 0.3) is 5.91 Å². The molecule has 0 aliphatic carbocycles. The fourth-order valence-electron chi connectivity index (χ4n) is 3.15. The molecule has 0 fully saturated rings. The third-order valence-corrected chi connectivity index (χ3v) is 5.83. The van der Waals surface area contributed by atoms with Crippen molar-refractivity contribution >= 4 is 28.5 Å². The number of ether oxygens (including phenoxy) is 4. The van der Waals surface area contributed by atoms with Crippen LogP contribution in [-0.2, 0) is 11.2 Å². The number of nitrogens with zero attached hydrogens (tertiary/aromatic N) is 3. The average molecular weight is 479 g/mol. The second kappa shape index (κ2) is 10.7. The number of nitrogens with one attached hydrogen (secondary N) is 1. The number of rotatable bonds is 8. The number of fused-ring (bicyclic) bond motifs is 1. The van der Waals surface area contributed by atoms with Crippen molar-refractivity contribution < 1.29 is 23.7 Å². The molecular formula is C24H22N4O5S. The van der Waals surface area contributed by atoms with Gasteiger partial charge in [0.2, 0.25) is 5.13 Å². The maximum Gasteiger partial charge on any atom is 0.268 e. The first-order chi connectivity index (χ1) is 16.6. The van der Waals surface area contributed by atoms with Crippen LogP contribution in [0.1, 0.15) is 17.5 Å².